The third-order valence-corrected chi connectivity index (χ3v) is 3.09. The number of hydrogen-bond acceptors (Lipinski definition) is 3. The topological polar surface area (TPSA) is 53.6 Å². The second-order valence-electron chi connectivity index (χ2n) is 4.28. The number of anilines is 1. The molecule has 0 unspecified atom stereocenters. The fourth-order valence-electron chi connectivity index (χ4n) is 2.01. The Morgan fingerprint density at radius 3 is 3.00 bits per heavy atom. The monoisotopic (exact) mass is 238 g/mol. The molecule has 0 fully saturated rings. The third kappa shape index (κ3) is 1.93. The van der Waals surface area contributed by atoms with Crippen molar-refractivity contribution in [2.75, 3.05) is 5.32 Å². The lowest BCUT2D eigenvalue weighted by molar-refractivity contribution is 1.04. The number of nitrogens with one attached hydrogen (secondary N) is 2. The first-order valence-electron chi connectivity index (χ1n) is 5.90. The van der Waals surface area contributed by atoms with E-state index < -0.39 is 0 Å². The van der Waals surface area contributed by atoms with Gasteiger partial charge in [0.1, 0.15) is 0 Å². The largest absolute Gasteiger partial charge is 0.380 e. The molecule has 0 aliphatic rings. The highest BCUT2D eigenvalue weighted by Gasteiger charge is 2.03. The van der Waals surface area contributed by atoms with Crippen LogP contribution in [0.4, 0.5) is 5.69 Å². The minimum atomic E-state index is 0.760. The zero-order valence-electron chi connectivity index (χ0n) is 10.1. The first kappa shape index (κ1) is 10.8. The average molecular weight is 238 g/mol. The van der Waals surface area contributed by atoms with Crippen LogP contribution in [-0.4, -0.2) is 15.2 Å². The van der Waals surface area contributed by atoms with Gasteiger partial charge in [0.15, 0.2) is 0 Å². The number of hydrogen-bond donors (Lipinski definition) is 2. The number of aromatic nitrogens is 3. The van der Waals surface area contributed by atoms with Crippen molar-refractivity contribution in [3.05, 3.63) is 54.1 Å². The molecule has 2 aromatic heterocycles. The Bertz CT molecular complexity index is 667. The average Bonchev–Trinajstić information content (AvgIpc) is 2.82. The summed E-state index contributed by atoms with van der Waals surface area (Å²) in [5, 5.41) is 12.7. The minimum Gasteiger partial charge on any atom is -0.380 e. The lowest BCUT2D eigenvalue weighted by atomic mass is 10.1. The highest BCUT2D eigenvalue weighted by atomic mass is 15.1. The number of benzene rings is 1. The zero-order chi connectivity index (χ0) is 12.4. The minimum absolute atomic E-state index is 0.760. The van der Waals surface area contributed by atoms with E-state index >= 15 is 0 Å². The normalized spacial score (nSPS) is 10.7. The van der Waals surface area contributed by atoms with Gasteiger partial charge in [-0.15, -0.1) is 0 Å². The fraction of sp³-hybridized carbons (Fsp3) is 0.143. The quantitative estimate of drug-likeness (QED) is 0.737. The van der Waals surface area contributed by atoms with Gasteiger partial charge in [-0.3, -0.25) is 10.1 Å². The highest BCUT2D eigenvalue weighted by Crippen LogP contribution is 2.22. The van der Waals surface area contributed by atoms with Crippen LogP contribution in [0.3, 0.4) is 0 Å². The predicted octanol–water partition coefficient (Wildman–Crippen LogP) is 2.88. The van der Waals surface area contributed by atoms with Crippen LogP contribution < -0.4 is 5.32 Å². The lowest BCUT2D eigenvalue weighted by Gasteiger charge is -2.08. The van der Waals surface area contributed by atoms with Crippen molar-refractivity contribution in [1.29, 1.82) is 0 Å². The molecule has 4 nitrogen and oxygen atoms in total. The summed E-state index contributed by atoms with van der Waals surface area (Å²) in [5.41, 5.74) is 3.37. The van der Waals surface area contributed by atoms with Gasteiger partial charge < -0.3 is 5.32 Å². The van der Waals surface area contributed by atoms with Gasteiger partial charge >= 0.3 is 0 Å². The highest BCUT2D eigenvalue weighted by molar-refractivity contribution is 5.93. The second-order valence-corrected chi connectivity index (χ2v) is 4.28. The van der Waals surface area contributed by atoms with E-state index in [2.05, 4.69) is 32.6 Å². The molecule has 18 heavy (non-hydrogen) atoms. The van der Waals surface area contributed by atoms with Crippen LogP contribution in [0, 0.1) is 6.92 Å². The molecule has 3 aromatic rings. The van der Waals surface area contributed by atoms with Crippen molar-refractivity contribution in [3.63, 3.8) is 0 Å². The van der Waals surface area contributed by atoms with Crippen molar-refractivity contribution < 1.29 is 0 Å². The molecule has 0 amide bonds. The number of fused-ring (bicyclic) bond motifs is 1. The van der Waals surface area contributed by atoms with Gasteiger partial charge in [-0.2, -0.15) is 5.10 Å². The molecule has 2 N–H and O–H groups in total. The molecule has 0 bridgehead atoms. The molecule has 0 aliphatic heterocycles. The van der Waals surface area contributed by atoms with E-state index in [9.17, 15) is 0 Å². The number of aryl methyl sites for hydroxylation is 1. The molecule has 1 aromatic carbocycles. The molecule has 0 radical (unpaired) electrons. The number of pyridine rings is 1. The molecule has 0 saturated carbocycles. The van der Waals surface area contributed by atoms with Crippen LogP contribution in [0.5, 0.6) is 0 Å². The van der Waals surface area contributed by atoms with Crippen molar-refractivity contribution in [2.24, 2.45) is 0 Å². The first-order chi connectivity index (χ1) is 8.84. The molecule has 3 rings (SSSR count). The summed E-state index contributed by atoms with van der Waals surface area (Å²) in [6.07, 6.45) is 5.55. The zero-order valence-corrected chi connectivity index (χ0v) is 10.1. The van der Waals surface area contributed by atoms with Gasteiger partial charge in [0.05, 0.1) is 6.20 Å². The van der Waals surface area contributed by atoms with Gasteiger partial charge in [0.2, 0.25) is 0 Å². The smallest absolute Gasteiger partial charge is 0.0539 e. The number of nitrogens with zero attached hydrogens (tertiary/aromatic N) is 2. The van der Waals surface area contributed by atoms with Gasteiger partial charge in [0, 0.05) is 41.3 Å². The van der Waals surface area contributed by atoms with Crippen LogP contribution in [0.2, 0.25) is 0 Å². The summed E-state index contributed by atoms with van der Waals surface area (Å²) in [5.74, 6) is 0. The Balaban J connectivity index is 1.89. The van der Waals surface area contributed by atoms with Crippen molar-refractivity contribution in [2.45, 2.75) is 13.5 Å². The number of aromatic amines is 1. The summed E-state index contributed by atoms with van der Waals surface area (Å²) >= 11 is 0. The van der Waals surface area contributed by atoms with Crippen LogP contribution >= 0.6 is 0 Å². The van der Waals surface area contributed by atoms with E-state index in [0.29, 0.717) is 0 Å². The molecule has 0 saturated heterocycles. The Morgan fingerprint density at radius 2 is 2.17 bits per heavy atom. The van der Waals surface area contributed by atoms with Gasteiger partial charge in [-0.1, -0.05) is 12.1 Å². The molecule has 2 heterocycles. The second kappa shape index (κ2) is 4.49. The Morgan fingerprint density at radius 1 is 1.22 bits per heavy atom. The molecule has 0 aliphatic carbocycles. The molecular weight excluding hydrogens is 224 g/mol. The first-order valence-corrected chi connectivity index (χ1v) is 5.90. The SMILES string of the molecule is Cc1[nH]ncc1CNc1cccc2ccncc12. The lowest BCUT2D eigenvalue weighted by Crippen LogP contribution is -2.00. The molecule has 4 heteroatoms. The van der Waals surface area contributed by atoms with Gasteiger partial charge in [-0.05, 0) is 24.4 Å². The Hall–Kier alpha value is -2.36. The number of rotatable bonds is 3. The van der Waals surface area contributed by atoms with Crippen molar-refractivity contribution >= 4 is 16.5 Å². The van der Waals surface area contributed by atoms with Gasteiger partial charge in [-0.25, -0.2) is 0 Å². The van der Waals surface area contributed by atoms with E-state index in [4.69, 9.17) is 0 Å². The molecular formula is C14H14N4. The third-order valence-electron chi connectivity index (χ3n) is 3.09. The molecule has 0 spiro atoms. The van der Waals surface area contributed by atoms with E-state index in [1.54, 1.807) is 0 Å². The number of H-pyrrole nitrogens is 1. The Labute approximate surface area is 105 Å². The van der Waals surface area contributed by atoms with Crippen LogP contribution in [0.25, 0.3) is 10.8 Å². The standard InChI is InChI=1S/C14H14N4/c1-10-12(8-17-18-10)7-16-14-4-2-3-11-5-6-15-9-13(11)14/h2-6,8-9,16H,7H2,1H3,(H,17,18). The van der Waals surface area contributed by atoms with E-state index in [1.165, 1.54) is 10.9 Å². The van der Waals surface area contributed by atoms with Crippen molar-refractivity contribution in [1.82, 2.24) is 15.2 Å². The predicted molar refractivity (Wildman–Crippen MR) is 72.4 cm³/mol. The maximum atomic E-state index is 4.18. The van der Waals surface area contributed by atoms with Crippen LogP contribution in [0.15, 0.2) is 42.9 Å². The summed E-state index contributed by atoms with van der Waals surface area (Å²) in [7, 11) is 0. The maximum absolute atomic E-state index is 4.18. The van der Waals surface area contributed by atoms with Crippen molar-refractivity contribution in [3.8, 4) is 0 Å². The fourth-order valence-corrected chi connectivity index (χ4v) is 2.01. The maximum Gasteiger partial charge on any atom is 0.0539 e. The van der Waals surface area contributed by atoms with Crippen LogP contribution in [0.1, 0.15) is 11.3 Å². The summed E-state index contributed by atoms with van der Waals surface area (Å²) in [4.78, 5) is 4.18. The summed E-state index contributed by atoms with van der Waals surface area (Å²) in [6.45, 7) is 2.78. The van der Waals surface area contributed by atoms with E-state index in [0.717, 1.165) is 23.3 Å². The van der Waals surface area contributed by atoms with E-state index in [-0.39, 0.29) is 0 Å². The molecule has 0 atom stereocenters. The van der Waals surface area contributed by atoms with E-state index in [1.807, 2.05) is 37.6 Å². The summed E-state index contributed by atoms with van der Waals surface area (Å²) < 4.78 is 0. The van der Waals surface area contributed by atoms with Crippen LogP contribution in [-0.2, 0) is 6.54 Å². The summed E-state index contributed by atoms with van der Waals surface area (Å²) in [6, 6.07) is 8.22. The van der Waals surface area contributed by atoms with Gasteiger partial charge in [0.25, 0.3) is 0 Å². The Kier molecular flexibility index (Phi) is 2.68. The molecule has 90 valence electrons.